The summed E-state index contributed by atoms with van der Waals surface area (Å²) >= 11 is 0. The summed E-state index contributed by atoms with van der Waals surface area (Å²) in [7, 11) is 0. The van der Waals surface area contributed by atoms with Crippen molar-refractivity contribution in [1.29, 1.82) is 0 Å². The lowest BCUT2D eigenvalue weighted by molar-refractivity contribution is -0.118. The molecular formula is C18H27ClN2. The van der Waals surface area contributed by atoms with Crippen molar-refractivity contribution in [2.45, 2.75) is 64.5 Å². The minimum atomic E-state index is 0. The summed E-state index contributed by atoms with van der Waals surface area (Å²) in [5.41, 5.74) is 2.75. The van der Waals surface area contributed by atoms with E-state index in [0.717, 1.165) is 12.5 Å². The van der Waals surface area contributed by atoms with Crippen molar-refractivity contribution >= 4 is 12.4 Å². The number of hydrogen-bond acceptors (Lipinski definition) is 2. The van der Waals surface area contributed by atoms with Crippen molar-refractivity contribution < 1.29 is 0 Å². The number of aromatic nitrogens is 1. The lowest BCUT2D eigenvalue weighted by atomic mass is 9.43. The molecule has 1 aromatic heterocycles. The van der Waals surface area contributed by atoms with Crippen LogP contribution in [0.3, 0.4) is 0 Å². The van der Waals surface area contributed by atoms with Crippen LogP contribution in [0.5, 0.6) is 0 Å². The molecule has 0 aromatic carbocycles. The minimum Gasteiger partial charge on any atom is -0.306 e. The van der Waals surface area contributed by atoms with E-state index in [-0.39, 0.29) is 12.4 Å². The first-order chi connectivity index (χ1) is 9.49. The maximum atomic E-state index is 4.47. The van der Waals surface area contributed by atoms with Gasteiger partial charge >= 0.3 is 0 Å². The van der Waals surface area contributed by atoms with Gasteiger partial charge in [-0.25, -0.2) is 0 Å². The predicted molar refractivity (Wildman–Crippen MR) is 88.5 cm³/mol. The topological polar surface area (TPSA) is 24.9 Å². The molecule has 5 rings (SSSR count). The molecule has 1 aromatic rings. The highest BCUT2D eigenvalue weighted by atomic mass is 35.5. The van der Waals surface area contributed by atoms with E-state index in [1.54, 1.807) is 0 Å². The van der Waals surface area contributed by atoms with Crippen LogP contribution in [0.1, 0.15) is 58.1 Å². The van der Waals surface area contributed by atoms with Crippen LogP contribution in [-0.2, 0) is 6.54 Å². The Balaban J connectivity index is 0.00000132. The first-order valence-corrected chi connectivity index (χ1v) is 8.13. The summed E-state index contributed by atoms with van der Waals surface area (Å²) in [6, 6.07) is 6.22. The Hall–Kier alpha value is -0.600. The van der Waals surface area contributed by atoms with E-state index in [0.29, 0.717) is 16.4 Å². The molecule has 0 aliphatic heterocycles. The second-order valence-corrected chi connectivity index (χ2v) is 8.59. The van der Waals surface area contributed by atoms with Crippen molar-refractivity contribution in [2.75, 3.05) is 0 Å². The molecule has 4 bridgehead atoms. The molecule has 2 unspecified atom stereocenters. The van der Waals surface area contributed by atoms with Crippen LogP contribution in [-0.4, -0.2) is 10.5 Å². The molecular weight excluding hydrogens is 280 g/mol. The number of nitrogens with one attached hydrogen (secondary N) is 1. The van der Waals surface area contributed by atoms with Gasteiger partial charge in [-0.05, 0) is 67.4 Å². The first kappa shape index (κ1) is 15.3. The normalized spacial score (nSPS) is 43.6. The molecule has 21 heavy (non-hydrogen) atoms. The highest BCUT2D eigenvalue weighted by molar-refractivity contribution is 5.85. The third kappa shape index (κ3) is 2.73. The third-order valence-electron chi connectivity index (χ3n) is 6.00. The fourth-order valence-electron chi connectivity index (χ4n) is 6.43. The highest BCUT2D eigenvalue weighted by Gasteiger charge is 2.59. The van der Waals surface area contributed by atoms with Gasteiger partial charge in [-0.15, -0.1) is 12.4 Å². The number of hydrogen-bond donors (Lipinski definition) is 1. The third-order valence-corrected chi connectivity index (χ3v) is 6.00. The Kier molecular flexibility index (Phi) is 3.61. The standard InChI is InChI=1S/C18H26N2.ClH/c1-16-7-14-8-17(2,11-16)13-18(9-14,12-16)20-10-15-5-3-4-6-19-15;/h3-6,14,20H,7-13H2,1-2H3;1H. The summed E-state index contributed by atoms with van der Waals surface area (Å²) in [5, 5.41) is 3.93. The van der Waals surface area contributed by atoms with E-state index < -0.39 is 0 Å². The molecule has 4 saturated carbocycles. The average Bonchev–Trinajstić information content (AvgIpc) is 2.33. The van der Waals surface area contributed by atoms with Crippen LogP contribution in [0.15, 0.2) is 24.4 Å². The van der Waals surface area contributed by atoms with Gasteiger partial charge in [0.2, 0.25) is 0 Å². The summed E-state index contributed by atoms with van der Waals surface area (Å²) in [6.07, 6.45) is 10.4. The Morgan fingerprint density at radius 2 is 1.81 bits per heavy atom. The lowest BCUT2D eigenvalue weighted by Crippen LogP contribution is -2.63. The molecule has 1 N–H and O–H groups in total. The second kappa shape index (κ2) is 4.96. The number of pyridine rings is 1. The maximum absolute atomic E-state index is 4.47. The average molecular weight is 307 g/mol. The van der Waals surface area contributed by atoms with E-state index in [9.17, 15) is 0 Å². The fourth-order valence-corrected chi connectivity index (χ4v) is 6.43. The highest BCUT2D eigenvalue weighted by Crippen LogP contribution is 2.66. The van der Waals surface area contributed by atoms with Gasteiger partial charge in [-0.2, -0.15) is 0 Å². The van der Waals surface area contributed by atoms with Crippen LogP contribution in [0, 0.1) is 16.7 Å². The Labute approximate surface area is 134 Å². The molecule has 4 aliphatic carbocycles. The molecule has 2 nitrogen and oxygen atoms in total. The summed E-state index contributed by atoms with van der Waals surface area (Å²) < 4.78 is 0. The van der Waals surface area contributed by atoms with Gasteiger partial charge in [0, 0.05) is 18.3 Å². The largest absolute Gasteiger partial charge is 0.306 e. The predicted octanol–water partition coefficient (Wildman–Crippen LogP) is 4.34. The Bertz CT molecular complexity index is 497. The van der Waals surface area contributed by atoms with Crippen molar-refractivity contribution in [2.24, 2.45) is 16.7 Å². The monoisotopic (exact) mass is 306 g/mol. The zero-order valence-electron chi connectivity index (χ0n) is 13.2. The smallest absolute Gasteiger partial charge is 0.0541 e. The van der Waals surface area contributed by atoms with E-state index in [4.69, 9.17) is 0 Å². The molecule has 4 aliphatic rings. The molecule has 0 amide bonds. The molecule has 0 spiro atoms. The minimum absolute atomic E-state index is 0. The van der Waals surface area contributed by atoms with Crippen LogP contribution in [0.4, 0.5) is 0 Å². The van der Waals surface area contributed by atoms with Crippen molar-refractivity contribution in [3.63, 3.8) is 0 Å². The van der Waals surface area contributed by atoms with Crippen LogP contribution in [0.25, 0.3) is 0 Å². The number of nitrogens with zero attached hydrogens (tertiary/aromatic N) is 1. The molecule has 4 fully saturated rings. The van der Waals surface area contributed by atoms with E-state index in [2.05, 4.69) is 36.3 Å². The van der Waals surface area contributed by atoms with Gasteiger partial charge in [-0.3, -0.25) is 4.98 Å². The van der Waals surface area contributed by atoms with Crippen LogP contribution in [0.2, 0.25) is 0 Å². The van der Waals surface area contributed by atoms with Gasteiger partial charge in [0.25, 0.3) is 0 Å². The molecule has 0 saturated heterocycles. The number of rotatable bonds is 3. The van der Waals surface area contributed by atoms with Crippen LogP contribution >= 0.6 is 12.4 Å². The maximum Gasteiger partial charge on any atom is 0.0541 e. The zero-order chi connectivity index (χ0) is 13.8. The Morgan fingerprint density at radius 1 is 1.10 bits per heavy atom. The number of halogens is 1. The van der Waals surface area contributed by atoms with Crippen LogP contribution < -0.4 is 5.32 Å². The van der Waals surface area contributed by atoms with Gasteiger partial charge in [0.1, 0.15) is 0 Å². The summed E-state index contributed by atoms with van der Waals surface area (Å²) in [4.78, 5) is 4.47. The quantitative estimate of drug-likeness (QED) is 0.898. The van der Waals surface area contributed by atoms with Crippen molar-refractivity contribution in [3.8, 4) is 0 Å². The van der Waals surface area contributed by atoms with Crippen molar-refractivity contribution in [3.05, 3.63) is 30.1 Å². The molecule has 116 valence electrons. The molecule has 2 atom stereocenters. The van der Waals surface area contributed by atoms with E-state index in [1.807, 2.05) is 12.3 Å². The Morgan fingerprint density at radius 3 is 2.38 bits per heavy atom. The van der Waals surface area contributed by atoms with Gasteiger partial charge in [0.05, 0.1) is 5.69 Å². The fraction of sp³-hybridized carbons (Fsp3) is 0.722. The molecule has 1 heterocycles. The first-order valence-electron chi connectivity index (χ1n) is 8.13. The van der Waals surface area contributed by atoms with Crippen molar-refractivity contribution in [1.82, 2.24) is 10.3 Å². The lowest BCUT2D eigenvalue weighted by Gasteiger charge is -2.65. The van der Waals surface area contributed by atoms with E-state index in [1.165, 1.54) is 44.2 Å². The van der Waals surface area contributed by atoms with E-state index >= 15 is 0 Å². The summed E-state index contributed by atoms with van der Waals surface area (Å²) in [6.45, 7) is 6.00. The van der Waals surface area contributed by atoms with Gasteiger partial charge in [0.15, 0.2) is 0 Å². The van der Waals surface area contributed by atoms with Gasteiger partial charge in [-0.1, -0.05) is 19.9 Å². The molecule has 3 heteroatoms. The second-order valence-electron chi connectivity index (χ2n) is 8.59. The summed E-state index contributed by atoms with van der Waals surface area (Å²) in [5.74, 6) is 0.956. The molecule has 0 radical (unpaired) electrons. The zero-order valence-corrected chi connectivity index (χ0v) is 14.0. The SMILES string of the molecule is CC12CC3CC(C)(C1)CC(NCc1ccccn1)(C3)C2.Cl. The van der Waals surface area contributed by atoms with Gasteiger partial charge < -0.3 is 5.32 Å².